The number of rotatable bonds is 6. The SMILES string of the molecule is CCC(O)CNCc1ccccc1C(=O)O. The van der Waals surface area contributed by atoms with Crippen LogP contribution in [0.25, 0.3) is 0 Å². The van der Waals surface area contributed by atoms with Crippen molar-refractivity contribution < 1.29 is 15.0 Å². The number of carboxylic acid groups (broad SMARTS) is 1. The largest absolute Gasteiger partial charge is 0.478 e. The monoisotopic (exact) mass is 223 g/mol. The third-order valence-corrected chi connectivity index (χ3v) is 2.41. The van der Waals surface area contributed by atoms with E-state index in [4.69, 9.17) is 5.11 Å². The van der Waals surface area contributed by atoms with Crippen LogP contribution in [0, 0.1) is 0 Å². The molecule has 4 nitrogen and oxygen atoms in total. The van der Waals surface area contributed by atoms with Crippen LogP contribution in [-0.4, -0.2) is 28.8 Å². The van der Waals surface area contributed by atoms with E-state index in [2.05, 4.69) is 5.32 Å². The number of aliphatic hydroxyl groups is 1. The molecule has 0 radical (unpaired) electrons. The Bertz CT molecular complexity index is 352. The number of hydrogen-bond donors (Lipinski definition) is 3. The van der Waals surface area contributed by atoms with Gasteiger partial charge in [-0.2, -0.15) is 0 Å². The number of nitrogens with one attached hydrogen (secondary N) is 1. The molecule has 0 aliphatic rings. The van der Waals surface area contributed by atoms with Crippen molar-refractivity contribution in [2.45, 2.75) is 26.0 Å². The van der Waals surface area contributed by atoms with Gasteiger partial charge in [-0.15, -0.1) is 0 Å². The summed E-state index contributed by atoms with van der Waals surface area (Å²) in [6, 6.07) is 6.86. The minimum absolute atomic E-state index is 0.306. The Balaban J connectivity index is 2.56. The van der Waals surface area contributed by atoms with Crippen molar-refractivity contribution in [1.29, 1.82) is 0 Å². The molecule has 1 atom stereocenters. The Labute approximate surface area is 94.9 Å². The van der Waals surface area contributed by atoms with Gasteiger partial charge in [-0.3, -0.25) is 0 Å². The molecule has 0 amide bonds. The van der Waals surface area contributed by atoms with Crippen molar-refractivity contribution in [2.24, 2.45) is 0 Å². The molecule has 0 aromatic heterocycles. The van der Waals surface area contributed by atoms with E-state index < -0.39 is 5.97 Å². The zero-order valence-electron chi connectivity index (χ0n) is 9.31. The van der Waals surface area contributed by atoms with E-state index in [1.807, 2.05) is 6.92 Å². The van der Waals surface area contributed by atoms with E-state index in [1.165, 1.54) is 0 Å². The minimum Gasteiger partial charge on any atom is -0.478 e. The van der Waals surface area contributed by atoms with Gasteiger partial charge in [0.25, 0.3) is 0 Å². The fraction of sp³-hybridized carbons (Fsp3) is 0.417. The third-order valence-electron chi connectivity index (χ3n) is 2.41. The van der Waals surface area contributed by atoms with Gasteiger partial charge in [-0.05, 0) is 18.1 Å². The molecule has 3 N–H and O–H groups in total. The van der Waals surface area contributed by atoms with E-state index in [0.717, 1.165) is 5.56 Å². The molecule has 1 aromatic carbocycles. The molecule has 88 valence electrons. The van der Waals surface area contributed by atoms with Gasteiger partial charge in [0.15, 0.2) is 0 Å². The lowest BCUT2D eigenvalue weighted by atomic mass is 10.1. The van der Waals surface area contributed by atoms with Crippen LogP contribution in [0.1, 0.15) is 29.3 Å². The molecular weight excluding hydrogens is 206 g/mol. The Morgan fingerprint density at radius 2 is 2.12 bits per heavy atom. The summed E-state index contributed by atoms with van der Waals surface area (Å²) in [7, 11) is 0. The molecule has 1 rings (SSSR count). The molecule has 4 heteroatoms. The summed E-state index contributed by atoms with van der Waals surface area (Å²) in [6.07, 6.45) is 0.310. The lowest BCUT2D eigenvalue weighted by Crippen LogP contribution is -2.26. The minimum atomic E-state index is -0.923. The van der Waals surface area contributed by atoms with Gasteiger partial charge in [0.05, 0.1) is 11.7 Å². The highest BCUT2D eigenvalue weighted by molar-refractivity contribution is 5.89. The van der Waals surface area contributed by atoms with Crippen LogP contribution in [0.4, 0.5) is 0 Å². The van der Waals surface area contributed by atoms with Crippen molar-refractivity contribution >= 4 is 5.97 Å². The Kier molecular flexibility index (Phi) is 4.95. The second kappa shape index (κ2) is 6.25. The van der Waals surface area contributed by atoms with Crippen LogP contribution in [0.5, 0.6) is 0 Å². The van der Waals surface area contributed by atoms with Crippen molar-refractivity contribution in [3.63, 3.8) is 0 Å². The molecular formula is C12H17NO3. The quantitative estimate of drug-likeness (QED) is 0.678. The predicted octanol–water partition coefficient (Wildman–Crippen LogP) is 1.25. The maximum atomic E-state index is 10.9. The van der Waals surface area contributed by atoms with Crippen LogP contribution in [0.2, 0.25) is 0 Å². The van der Waals surface area contributed by atoms with Gasteiger partial charge >= 0.3 is 5.97 Å². The summed E-state index contributed by atoms with van der Waals surface area (Å²) in [4.78, 5) is 10.9. The molecule has 0 spiro atoms. The van der Waals surface area contributed by atoms with E-state index in [1.54, 1.807) is 24.3 Å². The first kappa shape index (κ1) is 12.7. The predicted molar refractivity (Wildman–Crippen MR) is 61.4 cm³/mol. The number of carbonyl (C=O) groups is 1. The van der Waals surface area contributed by atoms with E-state index in [-0.39, 0.29) is 6.10 Å². The van der Waals surface area contributed by atoms with Crippen molar-refractivity contribution in [3.05, 3.63) is 35.4 Å². The molecule has 0 saturated heterocycles. The summed E-state index contributed by atoms with van der Waals surface area (Å²) in [5, 5.41) is 21.3. The van der Waals surface area contributed by atoms with Crippen LogP contribution in [0.15, 0.2) is 24.3 Å². The maximum absolute atomic E-state index is 10.9. The van der Waals surface area contributed by atoms with Gasteiger partial charge in [-0.1, -0.05) is 25.1 Å². The first-order chi connectivity index (χ1) is 7.65. The topological polar surface area (TPSA) is 69.6 Å². The molecule has 0 heterocycles. The zero-order valence-corrected chi connectivity index (χ0v) is 9.31. The third kappa shape index (κ3) is 3.64. The van der Waals surface area contributed by atoms with Crippen molar-refractivity contribution in [2.75, 3.05) is 6.54 Å². The number of aromatic carboxylic acids is 1. The molecule has 1 unspecified atom stereocenters. The van der Waals surface area contributed by atoms with E-state index in [0.29, 0.717) is 25.1 Å². The average Bonchev–Trinajstić information content (AvgIpc) is 2.29. The molecule has 16 heavy (non-hydrogen) atoms. The van der Waals surface area contributed by atoms with Crippen LogP contribution < -0.4 is 5.32 Å². The maximum Gasteiger partial charge on any atom is 0.336 e. The summed E-state index contributed by atoms with van der Waals surface area (Å²) in [5.41, 5.74) is 1.04. The van der Waals surface area contributed by atoms with E-state index >= 15 is 0 Å². The molecule has 0 bridgehead atoms. The standard InChI is InChI=1S/C12H17NO3/c1-2-10(14)8-13-7-9-5-3-4-6-11(9)12(15)16/h3-6,10,13-14H,2,7-8H2,1H3,(H,15,16). The van der Waals surface area contributed by atoms with Gasteiger partial charge in [0.1, 0.15) is 0 Å². The average molecular weight is 223 g/mol. The zero-order chi connectivity index (χ0) is 12.0. The fourth-order valence-electron chi connectivity index (χ4n) is 1.40. The first-order valence-corrected chi connectivity index (χ1v) is 5.35. The second-order valence-corrected chi connectivity index (χ2v) is 3.66. The van der Waals surface area contributed by atoms with Crippen LogP contribution in [0.3, 0.4) is 0 Å². The normalized spacial score (nSPS) is 12.4. The second-order valence-electron chi connectivity index (χ2n) is 3.66. The highest BCUT2D eigenvalue weighted by atomic mass is 16.4. The van der Waals surface area contributed by atoms with E-state index in [9.17, 15) is 9.90 Å². The number of aliphatic hydroxyl groups excluding tert-OH is 1. The van der Waals surface area contributed by atoms with Gasteiger partial charge in [-0.25, -0.2) is 4.79 Å². The lowest BCUT2D eigenvalue weighted by molar-refractivity contribution is 0.0695. The smallest absolute Gasteiger partial charge is 0.336 e. The van der Waals surface area contributed by atoms with Crippen LogP contribution in [-0.2, 0) is 6.54 Å². The van der Waals surface area contributed by atoms with Crippen molar-refractivity contribution in [1.82, 2.24) is 5.32 Å². The van der Waals surface area contributed by atoms with Gasteiger partial charge in [0, 0.05) is 13.1 Å². The molecule has 0 aliphatic heterocycles. The number of carboxylic acids is 1. The van der Waals surface area contributed by atoms with Crippen LogP contribution >= 0.6 is 0 Å². The summed E-state index contributed by atoms with van der Waals surface area (Å²) in [6.45, 7) is 2.83. The Hall–Kier alpha value is -1.39. The summed E-state index contributed by atoms with van der Waals surface area (Å²) >= 11 is 0. The molecule has 1 aromatic rings. The lowest BCUT2D eigenvalue weighted by Gasteiger charge is -2.10. The van der Waals surface area contributed by atoms with Gasteiger partial charge in [0.2, 0.25) is 0 Å². The summed E-state index contributed by atoms with van der Waals surface area (Å²) in [5.74, 6) is -0.923. The molecule has 0 saturated carbocycles. The van der Waals surface area contributed by atoms with Crippen molar-refractivity contribution in [3.8, 4) is 0 Å². The summed E-state index contributed by atoms with van der Waals surface area (Å²) < 4.78 is 0. The number of benzene rings is 1. The Morgan fingerprint density at radius 3 is 2.75 bits per heavy atom. The highest BCUT2D eigenvalue weighted by Gasteiger charge is 2.08. The van der Waals surface area contributed by atoms with Gasteiger partial charge < -0.3 is 15.5 Å². The molecule has 0 aliphatic carbocycles. The fourth-order valence-corrected chi connectivity index (χ4v) is 1.40. The molecule has 0 fully saturated rings. The number of hydrogen-bond acceptors (Lipinski definition) is 3. The Morgan fingerprint density at radius 1 is 1.44 bits per heavy atom. The highest BCUT2D eigenvalue weighted by Crippen LogP contribution is 2.08. The first-order valence-electron chi connectivity index (χ1n) is 5.35.